The number of methoxy groups -OCH3 is 1. The van der Waals surface area contributed by atoms with Crippen molar-refractivity contribution in [3.63, 3.8) is 0 Å². The third-order valence-corrected chi connectivity index (χ3v) is 7.48. The third-order valence-electron chi connectivity index (χ3n) is 6.31. The normalized spacial score (nSPS) is 15.1. The summed E-state index contributed by atoms with van der Waals surface area (Å²) in [6, 6.07) is 16.9. The first-order valence-electron chi connectivity index (χ1n) is 11.2. The molecule has 0 fully saturated rings. The zero-order valence-corrected chi connectivity index (χ0v) is 19.9. The average molecular weight is 472 g/mol. The minimum atomic E-state index is -0.501. The molecule has 3 N–H and O–H groups in total. The van der Waals surface area contributed by atoms with Crippen molar-refractivity contribution in [3.8, 4) is 17.0 Å². The number of hydrogen-bond donors (Lipinski definition) is 2. The first-order valence-corrected chi connectivity index (χ1v) is 12.1. The van der Waals surface area contributed by atoms with Gasteiger partial charge < -0.3 is 15.8 Å². The highest BCUT2D eigenvalue weighted by Gasteiger charge is 2.28. The van der Waals surface area contributed by atoms with Gasteiger partial charge in [-0.15, -0.1) is 11.3 Å². The maximum atomic E-state index is 13.6. The summed E-state index contributed by atoms with van der Waals surface area (Å²) in [6.45, 7) is 2.20. The first-order chi connectivity index (χ1) is 16.4. The fourth-order valence-electron chi connectivity index (χ4n) is 4.56. The van der Waals surface area contributed by atoms with Crippen LogP contribution in [-0.2, 0) is 12.8 Å². The number of para-hydroxylation sites is 1. The van der Waals surface area contributed by atoms with E-state index in [4.69, 9.17) is 15.5 Å². The monoisotopic (exact) mass is 471 g/mol. The third kappa shape index (κ3) is 4.03. The van der Waals surface area contributed by atoms with E-state index in [2.05, 4.69) is 12.2 Å². The lowest BCUT2D eigenvalue weighted by molar-refractivity contribution is 0.1000. The number of nitrogens with zero attached hydrogens (tertiary/aromatic N) is 1. The smallest absolute Gasteiger partial charge is 0.257 e. The number of anilines is 1. The van der Waals surface area contributed by atoms with Crippen molar-refractivity contribution in [1.29, 1.82) is 0 Å². The van der Waals surface area contributed by atoms with E-state index in [-0.39, 0.29) is 5.91 Å². The number of thiophene rings is 1. The summed E-state index contributed by atoms with van der Waals surface area (Å²) in [5, 5.41) is 4.27. The Hall–Kier alpha value is -3.71. The highest BCUT2D eigenvalue weighted by atomic mass is 32.1. The van der Waals surface area contributed by atoms with E-state index in [1.165, 1.54) is 11.3 Å². The number of carbonyl (C=O) groups is 2. The van der Waals surface area contributed by atoms with E-state index in [1.807, 2.05) is 48.5 Å². The highest BCUT2D eigenvalue weighted by Crippen LogP contribution is 2.40. The Morgan fingerprint density at radius 2 is 1.97 bits per heavy atom. The molecule has 0 saturated carbocycles. The maximum Gasteiger partial charge on any atom is 0.257 e. The SMILES string of the molecule is COc1cccc(-c2cc(C(=O)Nc3sc4c(c3C(N)=O)CCC(C)C4)c3ccccc3n2)c1. The van der Waals surface area contributed by atoms with E-state index >= 15 is 0 Å². The molecule has 0 aliphatic heterocycles. The predicted molar refractivity (Wildman–Crippen MR) is 136 cm³/mol. The van der Waals surface area contributed by atoms with Gasteiger partial charge in [-0.25, -0.2) is 4.98 Å². The van der Waals surface area contributed by atoms with Gasteiger partial charge in [-0.3, -0.25) is 9.59 Å². The number of nitrogens with one attached hydrogen (secondary N) is 1. The molecule has 0 radical (unpaired) electrons. The van der Waals surface area contributed by atoms with Crippen LogP contribution in [0.1, 0.15) is 44.5 Å². The molecular weight excluding hydrogens is 446 g/mol. The van der Waals surface area contributed by atoms with Crippen molar-refractivity contribution in [3.05, 3.63) is 76.2 Å². The molecule has 7 heteroatoms. The van der Waals surface area contributed by atoms with Crippen LogP contribution in [-0.4, -0.2) is 23.9 Å². The molecule has 5 rings (SSSR count). The molecule has 0 saturated heterocycles. The van der Waals surface area contributed by atoms with Crippen LogP contribution in [0.5, 0.6) is 5.75 Å². The fraction of sp³-hybridized carbons (Fsp3) is 0.222. The molecule has 1 atom stereocenters. The number of aromatic nitrogens is 1. The Morgan fingerprint density at radius 3 is 2.76 bits per heavy atom. The molecule has 2 aromatic heterocycles. The van der Waals surface area contributed by atoms with Crippen LogP contribution in [0.25, 0.3) is 22.2 Å². The second kappa shape index (κ2) is 8.91. The summed E-state index contributed by atoms with van der Waals surface area (Å²) < 4.78 is 5.35. The molecule has 2 amide bonds. The van der Waals surface area contributed by atoms with Gasteiger partial charge in [-0.05, 0) is 55.0 Å². The summed E-state index contributed by atoms with van der Waals surface area (Å²) in [5.74, 6) is 0.462. The van der Waals surface area contributed by atoms with Crippen molar-refractivity contribution in [2.24, 2.45) is 11.7 Å². The zero-order valence-electron chi connectivity index (χ0n) is 19.1. The fourth-order valence-corrected chi connectivity index (χ4v) is 5.97. The number of rotatable bonds is 5. The Morgan fingerprint density at radius 1 is 1.15 bits per heavy atom. The van der Waals surface area contributed by atoms with E-state index in [0.717, 1.165) is 40.7 Å². The molecule has 6 nitrogen and oxygen atoms in total. The second-order valence-electron chi connectivity index (χ2n) is 8.68. The summed E-state index contributed by atoms with van der Waals surface area (Å²) >= 11 is 1.46. The van der Waals surface area contributed by atoms with Crippen LogP contribution >= 0.6 is 11.3 Å². The average Bonchev–Trinajstić information content (AvgIpc) is 3.20. The number of pyridine rings is 1. The van der Waals surface area contributed by atoms with Crippen molar-refractivity contribution < 1.29 is 14.3 Å². The molecular formula is C27H25N3O3S. The Labute approximate surface area is 201 Å². The minimum Gasteiger partial charge on any atom is -0.497 e. The maximum absolute atomic E-state index is 13.6. The largest absolute Gasteiger partial charge is 0.497 e. The van der Waals surface area contributed by atoms with Crippen molar-refractivity contribution >= 4 is 39.1 Å². The Kier molecular flexibility index (Phi) is 5.79. The first kappa shape index (κ1) is 22.1. The Balaban J connectivity index is 1.58. The molecule has 2 heterocycles. The van der Waals surface area contributed by atoms with Gasteiger partial charge in [0.15, 0.2) is 0 Å². The molecule has 2 aromatic carbocycles. The van der Waals surface area contributed by atoms with Crippen LogP contribution in [0.3, 0.4) is 0 Å². The molecule has 34 heavy (non-hydrogen) atoms. The number of primary amides is 1. The number of amides is 2. The molecule has 4 aromatic rings. The molecule has 172 valence electrons. The van der Waals surface area contributed by atoms with Gasteiger partial charge in [0.25, 0.3) is 11.8 Å². The van der Waals surface area contributed by atoms with Crippen molar-refractivity contribution in [2.45, 2.75) is 26.2 Å². The van der Waals surface area contributed by atoms with Gasteiger partial charge in [0.2, 0.25) is 0 Å². The summed E-state index contributed by atoms with van der Waals surface area (Å²) in [6.07, 6.45) is 2.71. The molecule has 1 unspecified atom stereocenters. The van der Waals surface area contributed by atoms with Gasteiger partial charge in [0, 0.05) is 15.8 Å². The Bertz CT molecular complexity index is 1430. The molecule has 0 spiro atoms. The quantitative estimate of drug-likeness (QED) is 0.405. The van der Waals surface area contributed by atoms with Crippen molar-refractivity contribution in [2.75, 3.05) is 12.4 Å². The van der Waals surface area contributed by atoms with Gasteiger partial charge in [0.05, 0.1) is 29.4 Å². The molecule has 0 bridgehead atoms. The number of carbonyl (C=O) groups excluding carboxylic acids is 2. The lowest BCUT2D eigenvalue weighted by Crippen LogP contribution is -2.19. The number of fused-ring (bicyclic) bond motifs is 2. The summed E-state index contributed by atoms with van der Waals surface area (Å²) in [5.41, 5.74) is 9.89. The lowest BCUT2D eigenvalue weighted by atomic mass is 9.88. The molecule has 1 aliphatic rings. The van der Waals surface area contributed by atoms with E-state index in [9.17, 15) is 9.59 Å². The van der Waals surface area contributed by atoms with Crippen LogP contribution in [0.15, 0.2) is 54.6 Å². The van der Waals surface area contributed by atoms with E-state index in [0.29, 0.717) is 39.0 Å². The van der Waals surface area contributed by atoms with Gasteiger partial charge in [-0.1, -0.05) is 37.3 Å². The van der Waals surface area contributed by atoms with Crippen molar-refractivity contribution in [1.82, 2.24) is 4.98 Å². The summed E-state index contributed by atoms with van der Waals surface area (Å²) in [4.78, 5) is 31.8. The van der Waals surface area contributed by atoms with E-state index < -0.39 is 5.91 Å². The van der Waals surface area contributed by atoms with Gasteiger partial charge in [-0.2, -0.15) is 0 Å². The molecule has 1 aliphatic carbocycles. The standard InChI is InChI=1S/C27H25N3O3S/c1-15-10-11-19-23(12-15)34-27(24(19)25(28)31)30-26(32)20-14-22(16-6-5-7-17(13-16)33-2)29-21-9-4-3-8-18(20)21/h3-9,13-15H,10-12H2,1-2H3,(H2,28,31)(H,30,32). The second-order valence-corrected chi connectivity index (χ2v) is 9.78. The lowest BCUT2D eigenvalue weighted by Gasteiger charge is -2.18. The van der Waals surface area contributed by atoms with Crippen LogP contribution in [0.2, 0.25) is 0 Å². The van der Waals surface area contributed by atoms with Gasteiger partial charge in [0.1, 0.15) is 10.8 Å². The summed E-state index contributed by atoms with van der Waals surface area (Å²) in [7, 11) is 1.61. The predicted octanol–water partition coefficient (Wildman–Crippen LogP) is 5.45. The number of benzene rings is 2. The number of ether oxygens (including phenoxy) is 1. The minimum absolute atomic E-state index is 0.295. The van der Waals surface area contributed by atoms with Crippen LogP contribution in [0.4, 0.5) is 5.00 Å². The topological polar surface area (TPSA) is 94.3 Å². The van der Waals surface area contributed by atoms with Crippen LogP contribution < -0.4 is 15.8 Å². The zero-order chi connectivity index (χ0) is 23.8. The number of hydrogen-bond acceptors (Lipinski definition) is 5. The number of nitrogens with two attached hydrogens (primary N) is 1. The van der Waals surface area contributed by atoms with E-state index in [1.54, 1.807) is 13.2 Å². The van der Waals surface area contributed by atoms with Gasteiger partial charge >= 0.3 is 0 Å². The van der Waals surface area contributed by atoms with Crippen LogP contribution in [0, 0.1) is 5.92 Å². The highest BCUT2D eigenvalue weighted by molar-refractivity contribution is 7.17.